The molecule has 0 spiro atoms. The van der Waals surface area contributed by atoms with Crippen LogP contribution in [0.3, 0.4) is 0 Å². The zero-order valence-electron chi connectivity index (χ0n) is 18.2. The second-order valence-electron chi connectivity index (χ2n) is 8.58. The van der Waals surface area contributed by atoms with Gasteiger partial charge in [0.1, 0.15) is 0 Å². The minimum absolute atomic E-state index is 0.0213. The zero-order valence-corrected chi connectivity index (χ0v) is 19.0. The van der Waals surface area contributed by atoms with E-state index in [-0.39, 0.29) is 18.1 Å². The first-order valence-electron chi connectivity index (χ1n) is 11.0. The molecule has 2 saturated heterocycles. The number of sulfonamides is 1. The van der Waals surface area contributed by atoms with Crippen LogP contribution in [0.5, 0.6) is 0 Å². The van der Waals surface area contributed by atoms with Crippen LogP contribution in [0, 0.1) is 0 Å². The molecule has 3 rings (SSSR count). The van der Waals surface area contributed by atoms with Gasteiger partial charge in [0.15, 0.2) is 0 Å². The van der Waals surface area contributed by atoms with Gasteiger partial charge < -0.3 is 9.84 Å². The van der Waals surface area contributed by atoms with E-state index in [4.69, 9.17) is 4.74 Å². The smallest absolute Gasteiger partial charge is 0.221 e. The summed E-state index contributed by atoms with van der Waals surface area (Å²) in [6.07, 6.45) is 7.36. The number of aliphatic hydroxyl groups is 1. The van der Waals surface area contributed by atoms with Crippen molar-refractivity contribution in [2.45, 2.75) is 69.2 Å². The summed E-state index contributed by atoms with van der Waals surface area (Å²) in [7, 11) is -3.43. The van der Waals surface area contributed by atoms with Crippen molar-refractivity contribution in [3.63, 3.8) is 0 Å². The lowest BCUT2D eigenvalue weighted by Crippen LogP contribution is -2.48. The topological polar surface area (TPSA) is 66.8 Å². The predicted molar refractivity (Wildman–Crippen MR) is 121 cm³/mol. The van der Waals surface area contributed by atoms with E-state index in [1.807, 2.05) is 44.2 Å². The average Bonchev–Trinajstić information content (AvgIpc) is 2.76. The van der Waals surface area contributed by atoms with Crippen molar-refractivity contribution in [1.29, 1.82) is 0 Å². The van der Waals surface area contributed by atoms with Crippen molar-refractivity contribution >= 4 is 10.0 Å². The molecule has 1 aromatic rings. The molecule has 1 aromatic carbocycles. The van der Waals surface area contributed by atoms with Gasteiger partial charge in [0.2, 0.25) is 10.0 Å². The molecule has 0 aromatic heterocycles. The maximum atomic E-state index is 13.4. The van der Waals surface area contributed by atoms with Gasteiger partial charge in [-0.25, -0.2) is 8.42 Å². The molecule has 2 aliphatic rings. The summed E-state index contributed by atoms with van der Waals surface area (Å²) in [6, 6.07) is 8.09. The number of nitrogens with zero attached hydrogens (tertiary/aromatic N) is 1. The lowest BCUT2D eigenvalue weighted by Gasteiger charge is -2.38. The second kappa shape index (κ2) is 9.77. The molecule has 1 N–H and O–H groups in total. The molecule has 2 unspecified atom stereocenters. The van der Waals surface area contributed by atoms with Gasteiger partial charge in [-0.05, 0) is 50.2 Å². The first-order valence-corrected chi connectivity index (χ1v) is 12.5. The van der Waals surface area contributed by atoms with E-state index >= 15 is 0 Å². The van der Waals surface area contributed by atoms with Crippen LogP contribution in [0.1, 0.15) is 57.1 Å². The van der Waals surface area contributed by atoms with Gasteiger partial charge in [0.05, 0.1) is 11.9 Å². The van der Waals surface area contributed by atoms with Gasteiger partial charge in [-0.1, -0.05) is 55.5 Å². The van der Waals surface area contributed by atoms with Crippen molar-refractivity contribution in [3.8, 4) is 0 Å². The van der Waals surface area contributed by atoms with E-state index in [2.05, 4.69) is 6.58 Å². The van der Waals surface area contributed by atoms with Crippen molar-refractivity contribution in [2.24, 2.45) is 0 Å². The summed E-state index contributed by atoms with van der Waals surface area (Å²) in [5, 5.41) is 9.56. The number of ether oxygens (including phenoxy) is 1. The first-order chi connectivity index (χ1) is 14.4. The first kappa shape index (κ1) is 23.2. The van der Waals surface area contributed by atoms with Crippen molar-refractivity contribution in [1.82, 2.24) is 4.31 Å². The molecule has 0 bridgehead atoms. The molecule has 166 valence electrons. The van der Waals surface area contributed by atoms with Gasteiger partial charge in [0, 0.05) is 31.2 Å². The Morgan fingerprint density at radius 2 is 1.93 bits per heavy atom. The number of benzene rings is 1. The SMILES string of the molecule is C=CC=C(CC)C1CCC(C)N(Cc2ccc(C3(CO)CCOCC3)cc2)S1(=O)=O. The van der Waals surface area contributed by atoms with Gasteiger partial charge >= 0.3 is 0 Å². The van der Waals surface area contributed by atoms with Gasteiger partial charge in [-0.15, -0.1) is 0 Å². The molecule has 0 radical (unpaired) electrons. The molecular weight excluding hydrogens is 398 g/mol. The Balaban J connectivity index is 1.82. The zero-order chi connectivity index (χ0) is 21.8. The Morgan fingerprint density at radius 1 is 1.27 bits per heavy atom. The third-order valence-corrected chi connectivity index (χ3v) is 9.24. The third kappa shape index (κ3) is 4.57. The highest BCUT2D eigenvalue weighted by Crippen LogP contribution is 2.36. The summed E-state index contributed by atoms with van der Waals surface area (Å²) in [5.41, 5.74) is 2.76. The van der Waals surface area contributed by atoms with E-state index < -0.39 is 15.3 Å². The van der Waals surface area contributed by atoms with Gasteiger partial charge in [0.25, 0.3) is 0 Å². The number of rotatable bonds is 7. The van der Waals surface area contributed by atoms with E-state index in [9.17, 15) is 13.5 Å². The van der Waals surface area contributed by atoms with Crippen molar-refractivity contribution in [3.05, 3.63) is 59.7 Å². The maximum Gasteiger partial charge on any atom is 0.221 e. The molecule has 30 heavy (non-hydrogen) atoms. The fourth-order valence-electron chi connectivity index (χ4n) is 4.77. The van der Waals surface area contributed by atoms with Crippen LogP contribution < -0.4 is 0 Å². The molecule has 2 fully saturated rings. The van der Waals surface area contributed by atoms with E-state index in [1.54, 1.807) is 10.4 Å². The van der Waals surface area contributed by atoms with Gasteiger partial charge in [-0.2, -0.15) is 4.31 Å². The lowest BCUT2D eigenvalue weighted by atomic mass is 9.75. The summed E-state index contributed by atoms with van der Waals surface area (Å²) in [4.78, 5) is 0. The van der Waals surface area contributed by atoms with Crippen LogP contribution in [0.4, 0.5) is 0 Å². The fraction of sp³-hybridized carbons (Fsp3) is 0.583. The highest BCUT2D eigenvalue weighted by molar-refractivity contribution is 7.90. The molecule has 6 heteroatoms. The van der Waals surface area contributed by atoms with E-state index in [0.717, 1.165) is 36.0 Å². The molecule has 2 heterocycles. The lowest BCUT2D eigenvalue weighted by molar-refractivity contribution is 0.0253. The number of hydrogen-bond donors (Lipinski definition) is 1. The molecule has 0 aliphatic carbocycles. The maximum absolute atomic E-state index is 13.4. The predicted octanol–water partition coefficient (Wildman–Crippen LogP) is 3.93. The van der Waals surface area contributed by atoms with Crippen LogP contribution in [-0.4, -0.2) is 48.9 Å². The Bertz CT molecular complexity index is 854. The average molecular weight is 434 g/mol. The second-order valence-corrected chi connectivity index (χ2v) is 10.7. The highest BCUT2D eigenvalue weighted by atomic mass is 32.2. The highest BCUT2D eigenvalue weighted by Gasteiger charge is 2.41. The van der Waals surface area contributed by atoms with Crippen LogP contribution in [0.25, 0.3) is 0 Å². The number of hydrogen-bond acceptors (Lipinski definition) is 4. The monoisotopic (exact) mass is 433 g/mol. The molecule has 0 amide bonds. The summed E-state index contributed by atoms with van der Waals surface area (Å²) in [6.45, 7) is 9.53. The Labute approximate surface area is 181 Å². The molecule has 2 aliphatic heterocycles. The Kier molecular flexibility index (Phi) is 7.56. The van der Waals surface area contributed by atoms with Crippen molar-refractivity contribution in [2.75, 3.05) is 19.8 Å². The summed E-state index contributed by atoms with van der Waals surface area (Å²) < 4.78 is 34.0. The Morgan fingerprint density at radius 3 is 2.50 bits per heavy atom. The van der Waals surface area contributed by atoms with Crippen LogP contribution in [0.15, 0.2) is 48.6 Å². The normalized spacial score (nSPS) is 27.0. The van der Waals surface area contributed by atoms with E-state index in [0.29, 0.717) is 32.6 Å². The van der Waals surface area contributed by atoms with Crippen LogP contribution >= 0.6 is 0 Å². The molecular formula is C24H35NO4S. The Hall–Kier alpha value is -1.47. The standard InChI is InChI=1S/C24H35NO4S/c1-4-6-21(5-2)23-12-7-19(3)25(30(23,27)28)17-20-8-10-22(11-9-20)24(18-26)13-15-29-16-14-24/h4,6,8-11,19,23,26H,1,5,7,12-18H2,2-3H3. The fourth-order valence-corrected chi connectivity index (χ4v) is 7.10. The number of aliphatic hydroxyl groups excluding tert-OH is 1. The quantitative estimate of drug-likeness (QED) is 0.662. The molecule has 0 saturated carbocycles. The largest absolute Gasteiger partial charge is 0.395 e. The molecule has 2 atom stereocenters. The van der Waals surface area contributed by atoms with Gasteiger partial charge in [-0.3, -0.25) is 0 Å². The van der Waals surface area contributed by atoms with Crippen LogP contribution in [0.2, 0.25) is 0 Å². The minimum Gasteiger partial charge on any atom is -0.395 e. The molecule has 5 nitrogen and oxygen atoms in total. The number of allylic oxidation sites excluding steroid dienone is 2. The minimum atomic E-state index is -3.43. The van der Waals surface area contributed by atoms with Crippen molar-refractivity contribution < 1.29 is 18.3 Å². The summed E-state index contributed by atoms with van der Waals surface area (Å²) >= 11 is 0. The third-order valence-electron chi connectivity index (χ3n) is 6.84. The van der Waals surface area contributed by atoms with Crippen LogP contribution in [-0.2, 0) is 26.7 Å². The summed E-state index contributed by atoms with van der Waals surface area (Å²) in [5.74, 6) is 0. The van der Waals surface area contributed by atoms with E-state index in [1.165, 1.54) is 0 Å².